The summed E-state index contributed by atoms with van der Waals surface area (Å²) in [5, 5.41) is 11.9. The largest absolute Gasteiger partial charge is 0.508 e. The molecule has 5 nitrogen and oxygen atoms in total. The molecule has 1 unspecified atom stereocenters. The van der Waals surface area contributed by atoms with Crippen molar-refractivity contribution in [2.45, 2.75) is 19.4 Å². The predicted octanol–water partition coefficient (Wildman–Crippen LogP) is 2.77. The molecule has 0 radical (unpaired) electrons. The number of ether oxygens (including phenoxy) is 1. The monoisotopic (exact) mass is 318 g/mol. The van der Waals surface area contributed by atoms with Crippen LogP contribution in [0.4, 0.5) is 0 Å². The number of amides is 1. The second-order valence-electron chi connectivity index (χ2n) is 5.33. The summed E-state index contributed by atoms with van der Waals surface area (Å²) in [7, 11) is 0. The van der Waals surface area contributed by atoms with Gasteiger partial charge in [-0.15, -0.1) is 11.3 Å². The third-order valence-electron chi connectivity index (χ3n) is 3.79. The van der Waals surface area contributed by atoms with Crippen LogP contribution in [0.3, 0.4) is 0 Å². The molecule has 1 aliphatic rings. The van der Waals surface area contributed by atoms with Crippen molar-refractivity contribution >= 4 is 17.2 Å². The van der Waals surface area contributed by atoms with Gasteiger partial charge in [0.2, 0.25) is 0 Å². The van der Waals surface area contributed by atoms with Crippen LogP contribution in [0.2, 0.25) is 0 Å². The summed E-state index contributed by atoms with van der Waals surface area (Å²) in [5.74, 6) is 0.175. The molecule has 1 fully saturated rings. The Morgan fingerprint density at radius 2 is 2.14 bits per heavy atom. The lowest BCUT2D eigenvalue weighted by Crippen LogP contribution is -2.39. The molecule has 1 amide bonds. The van der Waals surface area contributed by atoms with Crippen molar-refractivity contribution in [3.63, 3.8) is 0 Å². The minimum atomic E-state index is -0.0423. The van der Waals surface area contributed by atoms with Crippen molar-refractivity contribution in [3.8, 4) is 16.3 Å². The van der Waals surface area contributed by atoms with E-state index in [2.05, 4.69) is 4.98 Å². The number of hydrogen-bond acceptors (Lipinski definition) is 5. The van der Waals surface area contributed by atoms with E-state index in [1.165, 1.54) is 11.3 Å². The molecule has 0 spiro atoms. The van der Waals surface area contributed by atoms with Crippen molar-refractivity contribution in [2.75, 3.05) is 19.8 Å². The zero-order valence-corrected chi connectivity index (χ0v) is 13.2. The van der Waals surface area contributed by atoms with E-state index in [-0.39, 0.29) is 17.7 Å². The van der Waals surface area contributed by atoms with Crippen molar-refractivity contribution < 1.29 is 14.6 Å². The van der Waals surface area contributed by atoms with E-state index >= 15 is 0 Å². The van der Waals surface area contributed by atoms with E-state index in [1.807, 2.05) is 11.8 Å². The number of aromatic hydroxyl groups is 1. The molecule has 2 heterocycles. The highest BCUT2D eigenvalue weighted by atomic mass is 32.1. The summed E-state index contributed by atoms with van der Waals surface area (Å²) < 4.78 is 5.43. The molecule has 0 aliphatic carbocycles. The molecule has 1 saturated heterocycles. The quantitative estimate of drug-likeness (QED) is 0.925. The first-order valence-electron chi connectivity index (χ1n) is 7.29. The maximum absolute atomic E-state index is 12.6. The van der Waals surface area contributed by atoms with Gasteiger partial charge in [-0.2, -0.15) is 0 Å². The molecule has 6 heteroatoms. The fraction of sp³-hybridized carbons (Fsp3) is 0.375. The zero-order chi connectivity index (χ0) is 15.5. The second kappa shape index (κ2) is 6.46. The van der Waals surface area contributed by atoms with Crippen molar-refractivity contribution in [3.05, 3.63) is 35.3 Å². The molecule has 22 heavy (non-hydrogen) atoms. The molecule has 1 N–H and O–H groups in total. The second-order valence-corrected chi connectivity index (χ2v) is 6.19. The smallest absolute Gasteiger partial charge is 0.273 e. The van der Waals surface area contributed by atoms with Crippen LogP contribution < -0.4 is 0 Å². The number of benzene rings is 1. The first-order valence-corrected chi connectivity index (χ1v) is 8.17. The number of nitrogens with zero attached hydrogens (tertiary/aromatic N) is 2. The predicted molar refractivity (Wildman–Crippen MR) is 85.1 cm³/mol. The highest BCUT2D eigenvalue weighted by Gasteiger charge is 2.25. The summed E-state index contributed by atoms with van der Waals surface area (Å²) in [6.45, 7) is 3.91. The number of hydrogen-bond donors (Lipinski definition) is 1. The standard InChI is InChI=1S/C16H18N2O3S/c1-11-6-8-21-9-7-18(11)16(20)14-10-22-15(17-14)12-2-4-13(19)5-3-12/h2-5,10-11,19H,6-9H2,1H3. The normalized spacial score (nSPS) is 19.0. The van der Waals surface area contributed by atoms with Crippen molar-refractivity contribution in [1.29, 1.82) is 0 Å². The van der Waals surface area contributed by atoms with Gasteiger partial charge in [0.1, 0.15) is 16.5 Å². The number of phenolic OH excluding ortho intramolecular Hbond substituents is 1. The molecule has 116 valence electrons. The van der Waals surface area contributed by atoms with E-state index in [0.29, 0.717) is 25.5 Å². The summed E-state index contributed by atoms with van der Waals surface area (Å²) >= 11 is 1.44. The molecule has 2 aromatic rings. The van der Waals surface area contributed by atoms with Crippen LogP contribution in [0.15, 0.2) is 29.6 Å². The van der Waals surface area contributed by atoms with Crippen LogP contribution in [-0.4, -0.2) is 46.7 Å². The van der Waals surface area contributed by atoms with Gasteiger partial charge in [0, 0.05) is 30.1 Å². The zero-order valence-electron chi connectivity index (χ0n) is 12.4. The van der Waals surface area contributed by atoms with Gasteiger partial charge in [0.05, 0.1) is 6.61 Å². The van der Waals surface area contributed by atoms with E-state index in [1.54, 1.807) is 29.6 Å². The van der Waals surface area contributed by atoms with Crippen LogP contribution in [-0.2, 0) is 4.74 Å². The van der Waals surface area contributed by atoms with Gasteiger partial charge < -0.3 is 14.7 Å². The molecule has 3 rings (SSSR count). The number of carbonyl (C=O) groups excluding carboxylic acids is 1. The topological polar surface area (TPSA) is 62.7 Å². The molecule has 1 atom stereocenters. The average molecular weight is 318 g/mol. The SMILES string of the molecule is CC1CCOCCN1C(=O)c1csc(-c2ccc(O)cc2)n1. The summed E-state index contributed by atoms with van der Waals surface area (Å²) in [4.78, 5) is 18.9. The summed E-state index contributed by atoms with van der Waals surface area (Å²) in [5.41, 5.74) is 1.37. The third kappa shape index (κ3) is 3.13. The van der Waals surface area contributed by atoms with Crippen molar-refractivity contribution in [2.24, 2.45) is 0 Å². The van der Waals surface area contributed by atoms with Gasteiger partial charge in [-0.25, -0.2) is 4.98 Å². The number of thiazole rings is 1. The first-order chi connectivity index (χ1) is 10.6. The average Bonchev–Trinajstić information content (AvgIpc) is 2.91. The summed E-state index contributed by atoms with van der Waals surface area (Å²) in [6.07, 6.45) is 0.848. The summed E-state index contributed by atoms with van der Waals surface area (Å²) in [6, 6.07) is 6.99. The van der Waals surface area contributed by atoms with Gasteiger partial charge in [-0.1, -0.05) is 0 Å². The van der Waals surface area contributed by atoms with Crippen LogP contribution in [0.5, 0.6) is 5.75 Å². The van der Waals surface area contributed by atoms with E-state index in [0.717, 1.165) is 17.0 Å². The molecule has 0 bridgehead atoms. The number of rotatable bonds is 2. The molecule has 0 saturated carbocycles. The van der Waals surface area contributed by atoms with Gasteiger partial charge in [0.25, 0.3) is 5.91 Å². The van der Waals surface area contributed by atoms with Crippen LogP contribution in [0.1, 0.15) is 23.8 Å². The van der Waals surface area contributed by atoms with Crippen molar-refractivity contribution in [1.82, 2.24) is 9.88 Å². The Kier molecular flexibility index (Phi) is 4.40. The Morgan fingerprint density at radius 3 is 2.91 bits per heavy atom. The maximum Gasteiger partial charge on any atom is 0.273 e. The Labute approximate surface area is 133 Å². The Balaban J connectivity index is 1.80. The van der Waals surface area contributed by atoms with Crippen LogP contribution in [0, 0.1) is 0 Å². The Hall–Kier alpha value is -1.92. The number of phenols is 1. The van der Waals surface area contributed by atoms with Gasteiger partial charge >= 0.3 is 0 Å². The van der Waals surface area contributed by atoms with Crippen LogP contribution >= 0.6 is 11.3 Å². The lowest BCUT2D eigenvalue weighted by Gasteiger charge is -2.25. The minimum Gasteiger partial charge on any atom is -0.508 e. The van der Waals surface area contributed by atoms with Gasteiger partial charge in [-0.05, 0) is 37.6 Å². The molecular formula is C16H18N2O3S. The highest BCUT2D eigenvalue weighted by molar-refractivity contribution is 7.13. The number of carbonyl (C=O) groups is 1. The lowest BCUT2D eigenvalue weighted by atomic mass is 10.2. The minimum absolute atomic E-state index is 0.0423. The lowest BCUT2D eigenvalue weighted by molar-refractivity contribution is 0.0682. The highest BCUT2D eigenvalue weighted by Crippen LogP contribution is 2.26. The Morgan fingerprint density at radius 1 is 1.36 bits per heavy atom. The third-order valence-corrected chi connectivity index (χ3v) is 4.68. The molecule has 1 aromatic carbocycles. The fourth-order valence-electron chi connectivity index (χ4n) is 2.45. The van der Waals surface area contributed by atoms with E-state index < -0.39 is 0 Å². The van der Waals surface area contributed by atoms with E-state index in [9.17, 15) is 9.90 Å². The first kappa shape index (κ1) is 15.0. The Bertz CT molecular complexity index is 654. The number of aromatic nitrogens is 1. The maximum atomic E-state index is 12.6. The van der Waals surface area contributed by atoms with Gasteiger partial charge in [0.15, 0.2) is 0 Å². The van der Waals surface area contributed by atoms with Crippen LogP contribution in [0.25, 0.3) is 10.6 Å². The molecular weight excluding hydrogens is 300 g/mol. The van der Waals surface area contributed by atoms with Gasteiger partial charge in [-0.3, -0.25) is 4.79 Å². The molecule has 1 aliphatic heterocycles. The molecule has 1 aromatic heterocycles. The van der Waals surface area contributed by atoms with E-state index in [4.69, 9.17) is 4.74 Å². The fourth-order valence-corrected chi connectivity index (χ4v) is 3.25.